The zero-order valence-electron chi connectivity index (χ0n) is 21.9. The summed E-state index contributed by atoms with van der Waals surface area (Å²) in [6.07, 6.45) is 5.71. The number of benzene rings is 2. The molecule has 3 N–H and O–H groups in total. The average molecular weight is 515 g/mol. The second-order valence-electron chi connectivity index (χ2n) is 10.2. The Kier molecular flexibility index (Phi) is 7.55. The Labute approximate surface area is 222 Å². The van der Waals surface area contributed by atoms with Crippen LogP contribution in [0.5, 0.6) is 5.88 Å². The number of fused-ring (bicyclic) bond motifs is 1. The Morgan fingerprint density at radius 3 is 2.50 bits per heavy atom. The van der Waals surface area contributed by atoms with E-state index in [4.69, 9.17) is 4.98 Å². The van der Waals surface area contributed by atoms with Gasteiger partial charge < -0.3 is 25.0 Å². The van der Waals surface area contributed by atoms with E-state index in [1.807, 2.05) is 50.5 Å². The number of hydrogen-bond donors (Lipinski definition) is 3. The van der Waals surface area contributed by atoms with Gasteiger partial charge in [-0.05, 0) is 49.7 Å². The number of aromatic carboxylic acids is 1. The number of aromatic nitrogens is 4. The summed E-state index contributed by atoms with van der Waals surface area (Å²) in [5.74, 6) is 0.779. The Bertz CT molecular complexity index is 1420. The van der Waals surface area contributed by atoms with Gasteiger partial charge in [-0.25, -0.2) is 9.78 Å². The molecule has 0 unspecified atom stereocenters. The van der Waals surface area contributed by atoms with E-state index in [0.29, 0.717) is 41.4 Å². The van der Waals surface area contributed by atoms with Gasteiger partial charge in [-0.15, -0.1) is 10.2 Å². The minimum atomic E-state index is -0.946. The van der Waals surface area contributed by atoms with Crippen LogP contribution in [0.25, 0.3) is 22.2 Å². The number of rotatable bonds is 9. The first-order chi connectivity index (χ1) is 18.4. The molecule has 1 saturated carbocycles. The quantitative estimate of drug-likeness (QED) is 0.287. The smallest absolute Gasteiger partial charge is 0.336 e. The van der Waals surface area contributed by atoms with E-state index in [1.54, 1.807) is 12.1 Å². The molecule has 9 nitrogen and oxygen atoms in total. The highest BCUT2D eigenvalue weighted by Crippen LogP contribution is 2.37. The van der Waals surface area contributed by atoms with Gasteiger partial charge in [-0.3, -0.25) is 0 Å². The van der Waals surface area contributed by atoms with Crippen molar-refractivity contribution in [2.24, 2.45) is 0 Å². The van der Waals surface area contributed by atoms with E-state index in [2.05, 4.69) is 25.0 Å². The van der Waals surface area contributed by atoms with E-state index in [-0.39, 0.29) is 11.4 Å². The van der Waals surface area contributed by atoms with Gasteiger partial charge in [0.15, 0.2) is 5.82 Å². The number of aromatic hydroxyl groups is 1. The number of carboxylic acid groups (broad SMARTS) is 1. The molecular weight excluding hydrogens is 480 g/mol. The minimum Gasteiger partial charge on any atom is -0.491 e. The fourth-order valence-corrected chi connectivity index (χ4v) is 5.30. The maximum atomic E-state index is 11.7. The standard InChI is InChI=1S/C29H34N6O3/c1-34(2)17-16-30-26-24-25(28(36)33-32-26)35(27(31-24)21-8-4-3-5-9-21)18-19-12-14-20(15-13-19)22-10-6-7-11-23(22)29(37)38/h6-7,10-15,21H,3-5,8-9,16-18H2,1-2H3,(H,30,32)(H,33,36)(H,37,38). The molecule has 0 radical (unpaired) electrons. The lowest BCUT2D eigenvalue weighted by molar-refractivity contribution is 0.0697. The molecular formula is C29H34N6O3. The van der Waals surface area contributed by atoms with E-state index in [1.165, 1.54) is 19.3 Å². The molecule has 2 heterocycles. The van der Waals surface area contributed by atoms with Crippen molar-refractivity contribution in [3.63, 3.8) is 0 Å². The number of anilines is 1. The summed E-state index contributed by atoms with van der Waals surface area (Å²) < 4.78 is 2.09. The van der Waals surface area contributed by atoms with Crippen LogP contribution in [0.4, 0.5) is 5.82 Å². The molecule has 1 aliphatic carbocycles. The Balaban J connectivity index is 1.52. The van der Waals surface area contributed by atoms with Gasteiger partial charge >= 0.3 is 5.97 Å². The van der Waals surface area contributed by atoms with Gasteiger partial charge in [0, 0.05) is 25.6 Å². The van der Waals surface area contributed by atoms with Crippen LogP contribution in [0.15, 0.2) is 48.5 Å². The first-order valence-corrected chi connectivity index (χ1v) is 13.2. The normalized spacial score (nSPS) is 14.3. The zero-order chi connectivity index (χ0) is 26.6. The largest absolute Gasteiger partial charge is 0.491 e. The third-order valence-corrected chi connectivity index (χ3v) is 7.26. The van der Waals surface area contributed by atoms with Gasteiger partial charge in [0.2, 0.25) is 0 Å². The van der Waals surface area contributed by atoms with Crippen molar-refractivity contribution in [2.45, 2.75) is 44.6 Å². The fourth-order valence-electron chi connectivity index (χ4n) is 5.30. The van der Waals surface area contributed by atoms with E-state index < -0.39 is 5.97 Å². The molecule has 0 spiro atoms. The van der Waals surface area contributed by atoms with Gasteiger partial charge in [0.05, 0.1) is 5.56 Å². The lowest BCUT2D eigenvalue weighted by Crippen LogP contribution is -2.21. The molecule has 38 heavy (non-hydrogen) atoms. The molecule has 0 atom stereocenters. The Hall–Kier alpha value is -3.98. The number of carbonyl (C=O) groups is 1. The van der Waals surface area contributed by atoms with Crippen LogP contribution in [-0.4, -0.2) is 68.0 Å². The topological polar surface area (TPSA) is 116 Å². The third-order valence-electron chi connectivity index (χ3n) is 7.26. The third kappa shape index (κ3) is 5.33. The lowest BCUT2D eigenvalue weighted by atomic mass is 9.88. The zero-order valence-corrected chi connectivity index (χ0v) is 21.9. The second kappa shape index (κ2) is 11.2. The number of imidazole rings is 1. The summed E-state index contributed by atoms with van der Waals surface area (Å²) in [5, 5.41) is 32.0. The van der Waals surface area contributed by atoms with Crippen molar-refractivity contribution >= 4 is 22.8 Å². The molecule has 2 aromatic heterocycles. The highest BCUT2D eigenvalue weighted by Gasteiger charge is 2.26. The summed E-state index contributed by atoms with van der Waals surface area (Å²) >= 11 is 0. The molecule has 1 fully saturated rings. The SMILES string of the molecule is CN(C)CCNc1nnc(O)c2c1nc(C1CCCCC1)n2Cc1ccc(-c2ccccc2C(=O)O)cc1. The number of nitrogens with one attached hydrogen (secondary N) is 1. The van der Waals surface area contributed by atoms with Gasteiger partial charge in [-0.1, -0.05) is 61.7 Å². The van der Waals surface area contributed by atoms with Crippen molar-refractivity contribution in [3.8, 4) is 17.0 Å². The minimum absolute atomic E-state index is 0.125. The van der Waals surface area contributed by atoms with Gasteiger partial charge in [0.1, 0.15) is 16.9 Å². The lowest BCUT2D eigenvalue weighted by Gasteiger charge is -2.22. The Morgan fingerprint density at radius 1 is 1.05 bits per heavy atom. The van der Waals surface area contributed by atoms with Gasteiger partial charge in [0.25, 0.3) is 5.88 Å². The molecule has 5 rings (SSSR count). The molecule has 2 aromatic carbocycles. The summed E-state index contributed by atoms with van der Waals surface area (Å²) in [6, 6.07) is 14.9. The monoisotopic (exact) mass is 514 g/mol. The van der Waals surface area contributed by atoms with Crippen LogP contribution in [-0.2, 0) is 6.54 Å². The molecule has 0 saturated heterocycles. The van der Waals surface area contributed by atoms with Crippen LogP contribution in [0, 0.1) is 0 Å². The molecule has 0 amide bonds. The molecule has 198 valence electrons. The second-order valence-corrected chi connectivity index (χ2v) is 10.2. The van der Waals surface area contributed by atoms with Crippen molar-refractivity contribution in [3.05, 3.63) is 65.5 Å². The highest BCUT2D eigenvalue weighted by molar-refractivity contribution is 5.96. The van der Waals surface area contributed by atoms with E-state index in [9.17, 15) is 15.0 Å². The van der Waals surface area contributed by atoms with Crippen LogP contribution >= 0.6 is 0 Å². The highest BCUT2D eigenvalue weighted by atomic mass is 16.4. The molecule has 4 aromatic rings. The maximum absolute atomic E-state index is 11.7. The van der Waals surface area contributed by atoms with Crippen molar-refractivity contribution in [1.82, 2.24) is 24.6 Å². The van der Waals surface area contributed by atoms with Crippen molar-refractivity contribution in [2.75, 3.05) is 32.5 Å². The first-order valence-electron chi connectivity index (χ1n) is 13.2. The summed E-state index contributed by atoms with van der Waals surface area (Å²) in [4.78, 5) is 18.8. The fraction of sp³-hybridized carbons (Fsp3) is 0.379. The molecule has 1 aliphatic rings. The van der Waals surface area contributed by atoms with Crippen LogP contribution in [0.2, 0.25) is 0 Å². The number of likely N-dealkylation sites (N-methyl/N-ethyl adjacent to an activating group) is 1. The maximum Gasteiger partial charge on any atom is 0.336 e. The van der Waals surface area contributed by atoms with Crippen LogP contribution in [0.1, 0.15) is 59.8 Å². The van der Waals surface area contributed by atoms with Crippen molar-refractivity contribution in [1.29, 1.82) is 0 Å². The van der Waals surface area contributed by atoms with Crippen LogP contribution in [0.3, 0.4) is 0 Å². The molecule has 0 aliphatic heterocycles. The summed E-state index contributed by atoms with van der Waals surface area (Å²) in [7, 11) is 4.03. The van der Waals surface area contributed by atoms with E-state index in [0.717, 1.165) is 36.3 Å². The Morgan fingerprint density at radius 2 is 1.79 bits per heavy atom. The van der Waals surface area contributed by atoms with Crippen LogP contribution < -0.4 is 5.32 Å². The van der Waals surface area contributed by atoms with Gasteiger partial charge in [-0.2, -0.15) is 0 Å². The average Bonchev–Trinajstić information content (AvgIpc) is 3.31. The summed E-state index contributed by atoms with van der Waals surface area (Å²) in [6.45, 7) is 2.03. The first kappa shape index (κ1) is 25.7. The number of carboxylic acids is 1. The predicted molar refractivity (Wildman–Crippen MR) is 148 cm³/mol. The molecule has 9 heteroatoms. The van der Waals surface area contributed by atoms with Crippen molar-refractivity contribution < 1.29 is 15.0 Å². The van der Waals surface area contributed by atoms with E-state index >= 15 is 0 Å². The number of hydrogen-bond acceptors (Lipinski definition) is 7. The predicted octanol–water partition coefficient (Wildman–Crippen LogP) is 4.97. The molecule has 0 bridgehead atoms. The summed E-state index contributed by atoms with van der Waals surface area (Å²) in [5.41, 5.74) is 4.06. The number of nitrogens with zero attached hydrogens (tertiary/aromatic N) is 5.